The minimum absolute atomic E-state index is 0.0313. The minimum atomic E-state index is -4.01. The van der Waals surface area contributed by atoms with E-state index in [2.05, 4.69) is 9.38 Å². The number of para-hydroxylation sites is 2. The van der Waals surface area contributed by atoms with Crippen LogP contribution in [0, 0.1) is 0 Å². The molecule has 0 atom stereocenters. The van der Waals surface area contributed by atoms with Crippen LogP contribution in [0.5, 0.6) is 11.5 Å². The number of rotatable bonds is 7. The number of nitrogens with zero attached hydrogens (tertiary/aromatic N) is 2. The number of hydrogen-bond donors (Lipinski definition) is 2. The third-order valence-corrected chi connectivity index (χ3v) is 5.99. The second-order valence-electron chi connectivity index (χ2n) is 6.74. The molecule has 0 aliphatic carbocycles. The first-order valence-electron chi connectivity index (χ1n) is 9.37. The van der Waals surface area contributed by atoms with Crippen molar-refractivity contribution < 1.29 is 22.5 Å². The zero-order valence-electron chi connectivity index (χ0n) is 16.6. The molecule has 1 aromatic heterocycles. The average molecular weight is 472 g/mol. The summed E-state index contributed by atoms with van der Waals surface area (Å²) in [6.45, 7) is 0.110. The van der Waals surface area contributed by atoms with Crippen LogP contribution in [-0.4, -0.2) is 23.3 Å². The second kappa shape index (κ2) is 9.01. The fraction of sp³-hybridized carbons (Fsp3) is 0.0455. The molecule has 0 fully saturated rings. The van der Waals surface area contributed by atoms with Crippen molar-refractivity contribution in [3.8, 4) is 28.4 Å². The van der Waals surface area contributed by atoms with E-state index in [1.165, 1.54) is 18.2 Å². The molecule has 0 saturated heterocycles. The Bertz CT molecular complexity index is 1340. The second-order valence-corrected chi connectivity index (χ2v) is 8.75. The highest BCUT2D eigenvalue weighted by Crippen LogP contribution is 2.28. The molecule has 0 amide bonds. The molecule has 3 aromatic carbocycles. The van der Waals surface area contributed by atoms with Crippen molar-refractivity contribution in [3.63, 3.8) is 0 Å². The van der Waals surface area contributed by atoms with Crippen LogP contribution in [0.25, 0.3) is 16.9 Å². The minimum Gasteiger partial charge on any atom is -0.504 e. The van der Waals surface area contributed by atoms with E-state index in [0.29, 0.717) is 22.2 Å². The number of benzene rings is 3. The van der Waals surface area contributed by atoms with Crippen molar-refractivity contribution in [2.45, 2.75) is 11.5 Å². The monoisotopic (exact) mass is 471 g/mol. The number of aromatic hydroxyl groups is 1. The molecule has 0 aliphatic heterocycles. The molecular weight excluding hydrogens is 454 g/mol. The topological polar surface area (TPSA) is 117 Å². The van der Waals surface area contributed by atoms with Crippen molar-refractivity contribution in [2.75, 3.05) is 0 Å². The largest absolute Gasteiger partial charge is 0.504 e. The van der Waals surface area contributed by atoms with E-state index < -0.39 is 10.1 Å². The van der Waals surface area contributed by atoms with Gasteiger partial charge < -0.3 is 9.84 Å². The highest BCUT2D eigenvalue weighted by molar-refractivity contribution is 7.86. The van der Waals surface area contributed by atoms with Crippen molar-refractivity contribution in [1.29, 1.82) is 0 Å². The zero-order valence-corrected chi connectivity index (χ0v) is 18.1. The Morgan fingerprint density at radius 1 is 1.00 bits per heavy atom. The van der Waals surface area contributed by atoms with E-state index in [1.807, 2.05) is 18.2 Å². The molecule has 1 heterocycles. The average Bonchev–Trinajstić information content (AvgIpc) is 3.23. The van der Waals surface area contributed by atoms with Gasteiger partial charge in [-0.2, -0.15) is 23.7 Å². The number of phenolic OH excluding ortho intramolecular Hbond substituents is 1. The van der Waals surface area contributed by atoms with Crippen LogP contribution in [0.4, 0.5) is 0 Å². The summed E-state index contributed by atoms with van der Waals surface area (Å²) in [6.07, 6.45) is 0. The molecule has 0 saturated carbocycles. The van der Waals surface area contributed by atoms with E-state index >= 15 is 0 Å². The first-order chi connectivity index (χ1) is 15.4. The van der Waals surface area contributed by atoms with Gasteiger partial charge in [-0.3, -0.25) is 0 Å². The van der Waals surface area contributed by atoms with Crippen LogP contribution < -0.4 is 10.6 Å². The molecule has 3 N–H and O–H groups in total. The van der Waals surface area contributed by atoms with E-state index in [4.69, 9.17) is 22.2 Å². The molecule has 4 rings (SSSR count). The number of aromatic nitrogens is 2. The SMILES string of the molecule is NOS(=O)(=O)c1ccc(-n2nc(COc3ccccc3O)cc2-c2ccc(Cl)cc2)cc1. The Morgan fingerprint density at radius 2 is 1.69 bits per heavy atom. The number of halogens is 1. The third kappa shape index (κ3) is 4.61. The quantitative estimate of drug-likeness (QED) is 0.390. The van der Waals surface area contributed by atoms with Gasteiger partial charge in [0, 0.05) is 10.6 Å². The van der Waals surface area contributed by atoms with Crippen molar-refractivity contribution in [2.24, 2.45) is 5.90 Å². The molecule has 10 heteroatoms. The fourth-order valence-electron chi connectivity index (χ4n) is 3.06. The standard InChI is InChI=1S/C22H18ClN3O5S/c23-16-7-5-15(6-8-16)20-13-17(14-30-22-4-2-1-3-21(22)27)25-26(20)18-9-11-19(12-10-18)32(28,29)31-24/h1-13,27H,14,24H2. The molecule has 0 radical (unpaired) electrons. The smallest absolute Gasteiger partial charge is 0.312 e. The van der Waals surface area contributed by atoms with Gasteiger partial charge in [-0.25, -0.2) is 4.68 Å². The van der Waals surface area contributed by atoms with Gasteiger partial charge >= 0.3 is 10.1 Å². The van der Waals surface area contributed by atoms with E-state index in [-0.39, 0.29) is 17.3 Å². The van der Waals surface area contributed by atoms with Crippen LogP contribution in [0.15, 0.2) is 83.8 Å². The molecule has 0 unspecified atom stereocenters. The number of ether oxygens (including phenoxy) is 1. The van der Waals surface area contributed by atoms with Gasteiger partial charge in [0.25, 0.3) is 0 Å². The summed E-state index contributed by atoms with van der Waals surface area (Å²) in [6, 6.07) is 21.7. The van der Waals surface area contributed by atoms with Gasteiger partial charge in [-0.05, 0) is 54.6 Å². The summed E-state index contributed by atoms with van der Waals surface area (Å²) < 4.78 is 35.0. The lowest BCUT2D eigenvalue weighted by Crippen LogP contribution is -2.11. The first-order valence-corrected chi connectivity index (χ1v) is 11.2. The van der Waals surface area contributed by atoms with Gasteiger partial charge in [-0.15, -0.1) is 0 Å². The molecule has 0 spiro atoms. The predicted octanol–water partition coefficient (Wildman–Crippen LogP) is 4.06. The van der Waals surface area contributed by atoms with Crippen LogP contribution in [-0.2, 0) is 21.0 Å². The summed E-state index contributed by atoms with van der Waals surface area (Å²) in [5.74, 6) is 5.22. The summed E-state index contributed by atoms with van der Waals surface area (Å²) in [5, 5.41) is 15.1. The van der Waals surface area contributed by atoms with Crippen molar-refractivity contribution in [1.82, 2.24) is 9.78 Å². The number of hydrogen-bond acceptors (Lipinski definition) is 7. The maximum absolute atomic E-state index is 11.8. The molecule has 32 heavy (non-hydrogen) atoms. The van der Waals surface area contributed by atoms with Gasteiger partial charge in [0.2, 0.25) is 0 Å². The lowest BCUT2D eigenvalue weighted by Gasteiger charge is -2.09. The van der Waals surface area contributed by atoms with Crippen LogP contribution >= 0.6 is 11.6 Å². The van der Waals surface area contributed by atoms with Crippen LogP contribution in [0.1, 0.15) is 5.69 Å². The maximum Gasteiger partial charge on any atom is 0.312 e. The molecule has 164 valence electrons. The Morgan fingerprint density at radius 3 is 2.34 bits per heavy atom. The van der Waals surface area contributed by atoms with E-state index in [0.717, 1.165) is 11.3 Å². The van der Waals surface area contributed by atoms with Crippen LogP contribution in [0.3, 0.4) is 0 Å². The molecule has 0 bridgehead atoms. The lowest BCUT2D eigenvalue weighted by atomic mass is 10.1. The van der Waals surface area contributed by atoms with Gasteiger partial charge in [0.05, 0.1) is 16.3 Å². The fourth-order valence-corrected chi connectivity index (χ4v) is 3.77. The van der Waals surface area contributed by atoms with Crippen molar-refractivity contribution in [3.05, 3.63) is 89.6 Å². The van der Waals surface area contributed by atoms with Crippen LogP contribution in [0.2, 0.25) is 5.02 Å². The maximum atomic E-state index is 11.8. The lowest BCUT2D eigenvalue weighted by molar-refractivity contribution is 0.284. The van der Waals surface area contributed by atoms with Gasteiger partial charge in [0.15, 0.2) is 11.5 Å². The summed E-state index contributed by atoms with van der Waals surface area (Å²) in [4.78, 5) is -0.0768. The highest BCUT2D eigenvalue weighted by Gasteiger charge is 2.16. The number of phenols is 1. The van der Waals surface area contributed by atoms with E-state index in [1.54, 1.807) is 47.1 Å². The summed E-state index contributed by atoms with van der Waals surface area (Å²) in [5.41, 5.74) is 2.79. The normalized spacial score (nSPS) is 11.4. The summed E-state index contributed by atoms with van der Waals surface area (Å²) in [7, 11) is -4.01. The van der Waals surface area contributed by atoms with Crippen molar-refractivity contribution >= 4 is 21.7 Å². The first kappa shape index (κ1) is 21.8. The van der Waals surface area contributed by atoms with E-state index in [9.17, 15) is 13.5 Å². The highest BCUT2D eigenvalue weighted by atomic mass is 35.5. The predicted molar refractivity (Wildman–Crippen MR) is 119 cm³/mol. The van der Waals surface area contributed by atoms with Gasteiger partial charge in [-0.1, -0.05) is 35.9 Å². The molecule has 0 aliphatic rings. The molecule has 8 nitrogen and oxygen atoms in total. The molecular formula is C22H18ClN3O5S. The number of nitrogens with two attached hydrogens (primary N) is 1. The Hall–Kier alpha value is -3.37. The van der Waals surface area contributed by atoms with Gasteiger partial charge in [0.1, 0.15) is 12.3 Å². The Labute approximate surface area is 189 Å². The molecule has 4 aromatic rings. The summed E-state index contributed by atoms with van der Waals surface area (Å²) >= 11 is 6.02. The Kier molecular flexibility index (Phi) is 6.15. The zero-order chi connectivity index (χ0) is 22.7. The third-order valence-electron chi connectivity index (χ3n) is 4.64. The Balaban J connectivity index is 1.71.